The standard InChI is InChI=1S/C23H17Cl3N2O3S/c1-3-31-22(30)19-12(2)27-23-28(20(19)15-6-4-5-7-16(15)25)21(29)18(32-23)10-13-8-9-14(24)11-17(13)26/h4-11,20H,3H2,1-2H3/b18-10-. The predicted octanol–water partition coefficient (Wildman–Crippen LogP) is 4.76. The molecule has 2 heterocycles. The lowest BCUT2D eigenvalue weighted by Crippen LogP contribution is -2.40. The van der Waals surface area contributed by atoms with Crippen LogP contribution in [0.15, 0.2) is 63.5 Å². The topological polar surface area (TPSA) is 60.7 Å². The van der Waals surface area contributed by atoms with E-state index >= 15 is 0 Å². The van der Waals surface area contributed by atoms with Crippen LogP contribution in [0.2, 0.25) is 15.1 Å². The van der Waals surface area contributed by atoms with Gasteiger partial charge in [0.05, 0.1) is 22.4 Å². The maximum atomic E-state index is 13.5. The largest absolute Gasteiger partial charge is 0.463 e. The third-order valence-electron chi connectivity index (χ3n) is 4.97. The molecule has 1 atom stereocenters. The van der Waals surface area contributed by atoms with Gasteiger partial charge in [-0.1, -0.05) is 70.4 Å². The molecule has 1 aromatic heterocycles. The van der Waals surface area contributed by atoms with E-state index in [1.54, 1.807) is 56.3 Å². The van der Waals surface area contributed by atoms with Gasteiger partial charge in [0, 0.05) is 15.1 Å². The van der Waals surface area contributed by atoms with Crippen LogP contribution in [0.4, 0.5) is 0 Å². The molecule has 32 heavy (non-hydrogen) atoms. The number of fused-ring (bicyclic) bond motifs is 1. The molecule has 1 aliphatic heterocycles. The van der Waals surface area contributed by atoms with Crippen molar-refractivity contribution >= 4 is 58.2 Å². The summed E-state index contributed by atoms with van der Waals surface area (Å²) in [5, 5.41) is 1.36. The minimum atomic E-state index is -0.762. The van der Waals surface area contributed by atoms with Crippen molar-refractivity contribution < 1.29 is 9.53 Å². The number of aromatic nitrogens is 1. The number of rotatable bonds is 4. The highest BCUT2D eigenvalue weighted by molar-refractivity contribution is 7.07. The summed E-state index contributed by atoms with van der Waals surface area (Å²) in [4.78, 5) is 31.4. The average Bonchev–Trinajstić information content (AvgIpc) is 3.04. The molecule has 0 fully saturated rings. The Morgan fingerprint density at radius 2 is 1.94 bits per heavy atom. The monoisotopic (exact) mass is 506 g/mol. The quantitative estimate of drug-likeness (QED) is 0.479. The van der Waals surface area contributed by atoms with E-state index in [2.05, 4.69) is 4.99 Å². The summed E-state index contributed by atoms with van der Waals surface area (Å²) in [5.41, 5.74) is 1.72. The molecular weight excluding hydrogens is 491 g/mol. The number of hydrogen-bond acceptors (Lipinski definition) is 5. The smallest absolute Gasteiger partial charge is 0.338 e. The number of benzene rings is 2. The van der Waals surface area contributed by atoms with Crippen LogP contribution in [-0.4, -0.2) is 17.1 Å². The molecule has 5 nitrogen and oxygen atoms in total. The summed E-state index contributed by atoms with van der Waals surface area (Å²) in [5.74, 6) is -0.534. The molecule has 9 heteroatoms. The first-order chi connectivity index (χ1) is 15.3. The van der Waals surface area contributed by atoms with Gasteiger partial charge in [-0.25, -0.2) is 9.79 Å². The van der Waals surface area contributed by atoms with Crippen LogP contribution >= 0.6 is 46.1 Å². The highest BCUT2D eigenvalue weighted by atomic mass is 35.5. The highest BCUT2D eigenvalue weighted by Gasteiger charge is 2.34. The zero-order valence-corrected chi connectivity index (χ0v) is 20.1. The second-order valence-corrected chi connectivity index (χ2v) is 9.25. The lowest BCUT2D eigenvalue weighted by Gasteiger charge is -2.25. The van der Waals surface area contributed by atoms with Crippen molar-refractivity contribution in [2.24, 2.45) is 4.99 Å². The molecule has 0 bridgehead atoms. The number of ether oxygens (including phenoxy) is 1. The van der Waals surface area contributed by atoms with Crippen molar-refractivity contribution in [1.82, 2.24) is 4.57 Å². The van der Waals surface area contributed by atoms with E-state index in [9.17, 15) is 9.59 Å². The number of thiazole rings is 1. The van der Waals surface area contributed by atoms with Crippen molar-refractivity contribution in [3.63, 3.8) is 0 Å². The van der Waals surface area contributed by atoms with Crippen LogP contribution in [0.25, 0.3) is 6.08 Å². The molecule has 0 saturated heterocycles. The first kappa shape index (κ1) is 22.8. The number of allylic oxidation sites excluding steroid dienone is 1. The molecule has 0 aliphatic carbocycles. The highest BCUT2D eigenvalue weighted by Crippen LogP contribution is 2.34. The van der Waals surface area contributed by atoms with Crippen molar-refractivity contribution in [1.29, 1.82) is 0 Å². The Morgan fingerprint density at radius 1 is 1.19 bits per heavy atom. The van der Waals surface area contributed by atoms with Crippen LogP contribution < -0.4 is 14.9 Å². The van der Waals surface area contributed by atoms with E-state index < -0.39 is 12.0 Å². The minimum absolute atomic E-state index is 0.199. The lowest BCUT2D eigenvalue weighted by atomic mass is 9.96. The molecule has 1 aliphatic rings. The Bertz CT molecular complexity index is 1440. The third-order valence-corrected chi connectivity index (χ3v) is 6.86. The van der Waals surface area contributed by atoms with E-state index in [1.807, 2.05) is 6.07 Å². The Labute approximate surface area is 202 Å². The van der Waals surface area contributed by atoms with E-state index in [0.717, 1.165) is 0 Å². The Balaban J connectivity index is 1.99. The number of carbonyl (C=O) groups excluding carboxylic acids is 1. The molecule has 4 rings (SSSR count). The fourth-order valence-electron chi connectivity index (χ4n) is 3.54. The van der Waals surface area contributed by atoms with Gasteiger partial charge in [0.15, 0.2) is 4.80 Å². The molecule has 3 aromatic rings. The summed E-state index contributed by atoms with van der Waals surface area (Å²) in [7, 11) is 0. The van der Waals surface area contributed by atoms with Crippen LogP contribution in [0.1, 0.15) is 31.0 Å². The van der Waals surface area contributed by atoms with E-state index in [1.165, 1.54) is 15.9 Å². The van der Waals surface area contributed by atoms with Crippen LogP contribution in [0.3, 0.4) is 0 Å². The summed E-state index contributed by atoms with van der Waals surface area (Å²) in [6.07, 6.45) is 1.69. The predicted molar refractivity (Wildman–Crippen MR) is 128 cm³/mol. The lowest BCUT2D eigenvalue weighted by molar-refractivity contribution is -0.139. The molecule has 164 valence electrons. The van der Waals surface area contributed by atoms with Crippen molar-refractivity contribution in [2.45, 2.75) is 19.9 Å². The van der Waals surface area contributed by atoms with Crippen molar-refractivity contribution in [3.8, 4) is 0 Å². The number of carbonyl (C=O) groups is 1. The Hall–Kier alpha value is -2.38. The Kier molecular flexibility index (Phi) is 6.58. The van der Waals surface area contributed by atoms with Gasteiger partial charge in [-0.2, -0.15) is 0 Å². The van der Waals surface area contributed by atoms with Crippen LogP contribution in [0.5, 0.6) is 0 Å². The Morgan fingerprint density at radius 3 is 2.62 bits per heavy atom. The molecule has 1 unspecified atom stereocenters. The van der Waals surface area contributed by atoms with Gasteiger partial charge in [-0.3, -0.25) is 9.36 Å². The maximum Gasteiger partial charge on any atom is 0.338 e. The first-order valence-electron chi connectivity index (χ1n) is 9.71. The summed E-state index contributed by atoms with van der Waals surface area (Å²) < 4.78 is 7.18. The second kappa shape index (κ2) is 9.24. The molecule has 0 amide bonds. The average molecular weight is 508 g/mol. The first-order valence-corrected chi connectivity index (χ1v) is 11.7. The van der Waals surface area contributed by atoms with Crippen molar-refractivity contribution in [3.05, 3.63) is 99.6 Å². The van der Waals surface area contributed by atoms with E-state index in [4.69, 9.17) is 39.5 Å². The number of esters is 1. The van der Waals surface area contributed by atoms with Crippen molar-refractivity contribution in [2.75, 3.05) is 6.61 Å². The van der Waals surface area contributed by atoms with Gasteiger partial charge >= 0.3 is 5.97 Å². The molecule has 2 aromatic carbocycles. The molecule has 0 N–H and O–H groups in total. The molecular formula is C23H17Cl3N2O3S. The summed E-state index contributed by atoms with van der Waals surface area (Å²) in [6, 6.07) is 11.4. The molecule has 0 radical (unpaired) electrons. The van der Waals surface area contributed by atoms with Gasteiger partial charge in [-0.05, 0) is 49.2 Å². The third kappa shape index (κ3) is 4.16. The van der Waals surface area contributed by atoms with Gasteiger partial charge in [0.2, 0.25) is 0 Å². The second-order valence-electron chi connectivity index (χ2n) is 6.99. The molecule has 0 spiro atoms. The van der Waals surface area contributed by atoms with E-state index in [0.29, 0.717) is 41.2 Å². The fraction of sp³-hybridized carbons (Fsp3) is 0.174. The normalized spacial score (nSPS) is 16.0. The van der Waals surface area contributed by atoms with Gasteiger partial charge in [-0.15, -0.1) is 0 Å². The number of hydrogen-bond donors (Lipinski definition) is 0. The van der Waals surface area contributed by atoms with Gasteiger partial charge < -0.3 is 4.74 Å². The van der Waals surface area contributed by atoms with Crippen LogP contribution in [-0.2, 0) is 9.53 Å². The fourth-order valence-corrected chi connectivity index (χ4v) is 5.28. The SMILES string of the molecule is CCOC(=O)C1=C(C)N=c2s/c(=C\c3ccc(Cl)cc3Cl)c(=O)n2C1c1ccccc1Cl. The number of nitrogens with zero attached hydrogens (tertiary/aromatic N) is 2. The summed E-state index contributed by atoms with van der Waals surface area (Å²) >= 11 is 20.0. The van der Waals surface area contributed by atoms with Gasteiger partial charge in [0.25, 0.3) is 5.56 Å². The number of halogens is 3. The van der Waals surface area contributed by atoms with Gasteiger partial charge in [0.1, 0.15) is 6.04 Å². The zero-order valence-electron chi connectivity index (χ0n) is 17.1. The zero-order chi connectivity index (χ0) is 23.0. The molecule has 0 saturated carbocycles. The van der Waals surface area contributed by atoms with Crippen LogP contribution in [0, 0.1) is 0 Å². The maximum absolute atomic E-state index is 13.5. The van der Waals surface area contributed by atoms with E-state index in [-0.39, 0.29) is 17.7 Å². The summed E-state index contributed by atoms with van der Waals surface area (Å²) in [6.45, 7) is 3.65. The minimum Gasteiger partial charge on any atom is -0.463 e.